The van der Waals surface area contributed by atoms with Gasteiger partial charge in [0.1, 0.15) is 23.1 Å². The first kappa shape index (κ1) is 44.8. The Morgan fingerprint density at radius 1 is 0.632 bits per heavy atom. The summed E-state index contributed by atoms with van der Waals surface area (Å²) >= 11 is 12.8. The SMILES string of the molecule is CCc1nc2ccc(Cl)cc2n1-c1cccc(CNc2ccc3c(c2)OC[C@H]3C(C(=O)O)C(C(=O)O)[C@@H]2COc3cc(NCc4cccc(-n5c(CC)nc6ccc(Cl)cc65)c4C)ccc32)c1C. The van der Waals surface area contributed by atoms with Gasteiger partial charge in [-0.1, -0.05) is 73.4 Å². The number of anilines is 2. The smallest absolute Gasteiger partial charge is 0.308 e. The predicted molar refractivity (Wildman–Crippen MR) is 267 cm³/mol. The molecule has 346 valence electrons. The number of aromatic nitrogens is 4. The fraction of sp³-hybridized carbons (Fsp3) is 0.259. The largest absolute Gasteiger partial charge is 0.493 e. The number of benzene rings is 6. The van der Waals surface area contributed by atoms with Crippen LogP contribution in [0.2, 0.25) is 10.0 Å². The van der Waals surface area contributed by atoms with Gasteiger partial charge in [-0.25, -0.2) is 9.97 Å². The molecule has 0 saturated heterocycles. The Balaban J connectivity index is 0.845. The minimum atomic E-state index is -1.29. The van der Waals surface area contributed by atoms with Crippen molar-refractivity contribution in [1.82, 2.24) is 19.1 Å². The molecule has 0 saturated carbocycles. The number of hydrogen-bond acceptors (Lipinski definition) is 8. The lowest BCUT2D eigenvalue weighted by molar-refractivity contribution is -0.156. The van der Waals surface area contributed by atoms with Crippen LogP contribution in [0, 0.1) is 25.7 Å². The number of aryl methyl sites for hydroxylation is 2. The van der Waals surface area contributed by atoms with Crippen molar-refractivity contribution in [2.75, 3.05) is 23.8 Å². The molecule has 2 aromatic heterocycles. The van der Waals surface area contributed by atoms with E-state index in [1.54, 1.807) is 0 Å². The van der Waals surface area contributed by atoms with E-state index in [1.165, 1.54) is 0 Å². The van der Waals surface area contributed by atoms with Gasteiger partial charge < -0.3 is 30.3 Å². The van der Waals surface area contributed by atoms with Crippen LogP contribution < -0.4 is 20.1 Å². The van der Waals surface area contributed by atoms with Crippen LogP contribution >= 0.6 is 23.2 Å². The molecule has 2 unspecified atom stereocenters. The maximum absolute atomic E-state index is 13.2. The summed E-state index contributed by atoms with van der Waals surface area (Å²) in [5, 5.41) is 29.9. The first-order chi connectivity index (χ1) is 32.9. The number of rotatable bonds is 15. The van der Waals surface area contributed by atoms with E-state index in [0.717, 1.165) is 91.6 Å². The highest BCUT2D eigenvalue weighted by Crippen LogP contribution is 2.49. The summed E-state index contributed by atoms with van der Waals surface area (Å²) in [6.07, 6.45) is 1.50. The van der Waals surface area contributed by atoms with Crippen molar-refractivity contribution in [3.63, 3.8) is 0 Å². The molecule has 0 spiro atoms. The van der Waals surface area contributed by atoms with Crippen LogP contribution in [0.3, 0.4) is 0 Å². The third-order valence-corrected chi connectivity index (χ3v) is 14.2. The molecule has 14 heteroatoms. The third kappa shape index (κ3) is 8.05. The molecule has 0 bridgehead atoms. The number of hydrogen-bond donors (Lipinski definition) is 4. The fourth-order valence-corrected chi connectivity index (χ4v) is 10.6. The Morgan fingerprint density at radius 3 is 1.46 bits per heavy atom. The number of aliphatic carboxylic acids is 2. The summed E-state index contributed by atoms with van der Waals surface area (Å²) in [5.74, 6) is -3.41. The number of carbonyl (C=O) groups is 2. The van der Waals surface area contributed by atoms with Gasteiger partial charge in [0, 0.05) is 82.4 Å². The molecule has 6 aromatic carbocycles. The van der Waals surface area contributed by atoms with Crippen LogP contribution in [0.5, 0.6) is 11.5 Å². The molecular weight excluding hydrogens is 900 g/mol. The normalized spacial score (nSPS) is 16.0. The van der Waals surface area contributed by atoms with Gasteiger partial charge in [-0.2, -0.15) is 0 Å². The highest BCUT2D eigenvalue weighted by atomic mass is 35.5. The van der Waals surface area contributed by atoms with Crippen molar-refractivity contribution in [2.24, 2.45) is 11.8 Å². The Morgan fingerprint density at radius 2 is 1.06 bits per heavy atom. The number of carboxylic acid groups (broad SMARTS) is 2. The third-order valence-electron chi connectivity index (χ3n) is 13.8. The molecule has 10 rings (SSSR count). The predicted octanol–water partition coefficient (Wildman–Crippen LogP) is 11.7. The van der Waals surface area contributed by atoms with Gasteiger partial charge in [-0.05, 0) is 96.8 Å². The monoisotopic (exact) mass is 948 g/mol. The van der Waals surface area contributed by atoms with Crippen LogP contribution in [0.15, 0.2) is 109 Å². The Bertz CT molecular complexity index is 3070. The minimum Gasteiger partial charge on any atom is -0.493 e. The Hall–Kier alpha value is -7.02. The van der Waals surface area contributed by atoms with Gasteiger partial charge in [0.2, 0.25) is 0 Å². The lowest BCUT2D eigenvalue weighted by Gasteiger charge is -2.29. The summed E-state index contributed by atoms with van der Waals surface area (Å²) < 4.78 is 16.6. The second-order valence-corrected chi connectivity index (χ2v) is 18.5. The van der Waals surface area contributed by atoms with E-state index < -0.39 is 35.6 Å². The molecule has 0 fully saturated rings. The minimum absolute atomic E-state index is 0.0395. The summed E-state index contributed by atoms with van der Waals surface area (Å²) in [4.78, 5) is 36.2. The van der Waals surface area contributed by atoms with Crippen molar-refractivity contribution in [3.05, 3.63) is 164 Å². The van der Waals surface area contributed by atoms with E-state index in [2.05, 4.69) is 71.7 Å². The molecule has 4 N–H and O–H groups in total. The number of imidazole rings is 2. The maximum atomic E-state index is 13.2. The zero-order chi connectivity index (χ0) is 47.4. The molecule has 12 nitrogen and oxygen atoms in total. The van der Waals surface area contributed by atoms with Crippen LogP contribution in [-0.2, 0) is 35.5 Å². The number of halogens is 2. The van der Waals surface area contributed by atoms with E-state index in [1.807, 2.05) is 84.9 Å². The zero-order valence-electron chi connectivity index (χ0n) is 38.0. The molecule has 0 amide bonds. The molecule has 2 aliphatic heterocycles. The van der Waals surface area contributed by atoms with Crippen LogP contribution in [0.25, 0.3) is 33.4 Å². The second-order valence-electron chi connectivity index (χ2n) is 17.6. The Labute approximate surface area is 403 Å². The summed E-state index contributed by atoms with van der Waals surface area (Å²) in [5.41, 5.74) is 13.0. The standard InChI is InChI=1S/C54H50Cl2N6O6/c1-5-49-59-41-19-13-33(55)21-45(41)61(49)43-11-7-9-31(29(43)3)25-57-35-15-17-37-39(27-67-47(37)23-35)51(53(63)64)52(54(65)66)40-28-68-48-24-36(16-18-38(40)48)58-26-32-10-8-12-44(30(32)4)62-46-22-34(56)14-20-42(46)60-50(62)6-2/h7-24,39-40,51-52,57-58H,5-6,25-28H2,1-4H3,(H,63,64)(H,65,66)/t39-,40-,51?,52?/m1/s1. The molecule has 4 atom stereocenters. The molecule has 0 radical (unpaired) electrons. The topological polar surface area (TPSA) is 153 Å². The van der Waals surface area contributed by atoms with Gasteiger partial charge in [-0.15, -0.1) is 0 Å². The molecule has 4 heterocycles. The van der Waals surface area contributed by atoms with E-state index in [-0.39, 0.29) is 13.2 Å². The average Bonchev–Trinajstić information content (AvgIpc) is 4.12. The number of ether oxygens (including phenoxy) is 2. The van der Waals surface area contributed by atoms with Gasteiger partial charge in [0.05, 0.1) is 58.5 Å². The number of nitrogens with one attached hydrogen (secondary N) is 2. The fourth-order valence-electron chi connectivity index (χ4n) is 10.2. The lowest BCUT2D eigenvalue weighted by atomic mass is 9.71. The second kappa shape index (κ2) is 18.2. The van der Waals surface area contributed by atoms with Crippen molar-refractivity contribution in [1.29, 1.82) is 0 Å². The number of nitrogens with zero attached hydrogens (tertiary/aromatic N) is 4. The number of fused-ring (bicyclic) bond motifs is 4. The quantitative estimate of drug-likeness (QED) is 0.0781. The van der Waals surface area contributed by atoms with Crippen LogP contribution in [-0.4, -0.2) is 54.5 Å². The van der Waals surface area contributed by atoms with E-state index in [4.69, 9.17) is 42.6 Å². The van der Waals surface area contributed by atoms with E-state index in [9.17, 15) is 19.8 Å². The summed E-state index contributed by atoms with van der Waals surface area (Å²) in [7, 11) is 0. The molecule has 0 aliphatic carbocycles. The van der Waals surface area contributed by atoms with Crippen molar-refractivity contribution in [3.8, 4) is 22.9 Å². The summed E-state index contributed by atoms with van der Waals surface area (Å²) in [6, 6.07) is 35.1. The van der Waals surface area contributed by atoms with Gasteiger partial charge in [0.15, 0.2) is 0 Å². The van der Waals surface area contributed by atoms with Gasteiger partial charge >= 0.3 is 11.9 Å². The van der Waals surface area contributed by atoms with Crippen molar-refractivity contribution >= 4 is 68.6 Å². The molecule has 68 heavy (non-hydrogen) atoms. The Kier molecular flexibility index (Phi) is 12.0. The zero-order valence-corrected chi connectivity index (χ0v) is 39.5. The van der Waals surface area contributed by atoms with E-state index in [0.29, 0.717) is 45.8 Å². The summed E-state index contributed by atoms with van der Waals surface area (Å²) in [6.45, 7) is 9.48. The molecule has 8 aromatic rings. The van der Waals surface area contributed by atoms with Crippen LogP contribution in [0.4, 0.5) is 11.4 Å². The van der Waals surface area contributed by atoms with E-state index >= 15 is 0 Å². The highest BCUT2D eigenvalue weighted by molar-refractivity contribution is 6.31. The molecular formula is C54H50Cl2N6O6. The maximum Gasteiger partial charge on any atom is 0.308 e. The van der Waals surface area contributed by atoms with Crippen molar-refractivity contribution in [2.45, 2.75) is 65.5 Å². The van der Waals surface area contributed by atoms with Gasteiger partial charge in [-0.3, -0.25) is 18.7 Å². The van der Waals surface area contributed by atoms with Crippen molar-refractivity contribution < 1.29 is 29.3 Å². The molecule has 2 aliphatic rings. The first-order valence-electron chi connectivity index (χ1n) is 22.9. The number of carboxylic acids is 2. The van der Waals surface area contributed by atoms with Crippen LogP contribution in [0.1, 0.15) is 70.7 Å². The first-order valence-corrected chi connectivity index (χ1v) is 23.7. The average molecular weight is 950 g/mol. The highest BCUT2D eigenvalue weighted by Gasteiger charge is 2.49. The van der Waals surface area contributed by atoms with Gasteiger partial charge in [0.25, 0.3) is 0 Å². The lowest BCUT2D eigenvalue weighted by Crippen LogP contribution is -2.39.